The molecule has 0 unspecified atom stereocenters. The second kappa shape index (κ2) is 4.71. The molecule has 11 heavy (non-hydrogen) atoms. The maximum atomic E-state index is 3.81. The van der Waals surface area contributed by atoms with Crippen molar-refractivity contribution in [2.75, 3.05) is 0 Å². The third-order valence-corrected chi connectivity index (χ3v) is 0.974. The Bertz CT molecular complexity index is 133. The highest BCUT2D eigenvalue weighted by atomic mass is 15.7. The smallest absolute Gasteiger partial charge is 0.0389 e. The van der Waals surface area contributed by atoms with Crippen molar-refractivity contribution in [1.82, 2.24) is 11.1 Å². The Morgan fingerprint density at radius 2 is 1.36 bits per heavy atom. The van der Waals surface area contributed by atoms with E-state index in [2.05, 4.69) is 21.3 Å². The standard InChI is InChI=1S/C5H10N4.C2H6/c1-5(2)3-6-8-9-7-4-5;1-2/h3-4,8-9H,1-2H3;1-2H3. The van der Waals surface area contributed by atoms with Gasteiger partial charge in [-0.3, -0.25) is 0 Å². The van der Waals surface area contributed by atoms with Gasteiger partial charge in [0.2, 0.25) is 0 Å². The predicted molar refractivity (Wildman–Crippen MR) is 48.4 cm³/mol. The Balaban J connectivity index is 0.000000461. The second-order valence-corrected chi connectivity index (χ2v) is 2.56. The van der Waals surface area contributed by atoms with Gasteiger partial charge in [0.1, 0.15) is 0 Å². The van der Waals surface area contributed by atoms with Crippen LogP contribution in [0.25, 0.3) is 0 Å². The Morgan fingerprint density at radius 1 is 1.00 bits per heavy atom. The lowest BCUT2D eigenvalue weighted by Gasteiger charge is -2.07. The average molecular weight is 156 g/mol. The number of hydrazine groups is 1. The lowest BCUT2D eigenvalue weighted by atomic mass is 9.98. The van der Waals surface area contributed by atoms with Crippen LogP contribution in [-0.4, -0.2) is 12.4 Å². The number of hydrogen-bond donors (Lipinski definition) is 2. The Kier molecular flexibility index (Phi) is 4.26. The topological polar surface area (TPSA) is 48.8 Å². The number of rotatable bonds is 0. The van der Waals surface area contributed by atoms with Gasteiger partial charge in [-0.2, -0.15) is 10.2 Å². The summed E-state index contributed by atoms with van der Waals surface area (Å²) in [7, 11) is 0. The SMILES string of the molecule is CC.CC1(C)C=NNNN=C1. The fourth-order valence-corrected chi connectivity index (χ4v) is 0.488. The largest absolute Gasteiger partial charge is 0.205 e. The van der Waals surface area contributed by atoms with E-state index in [0.717, 1.165) is 0 Å². The Hall–Kier alpha value is -1.06. The molecule has 0 atom stereocenters. The first kappa shape index (κ1) is 9.94. The summed E-state index contributed by atoms with van der Waals surface area (Å²) in [6, 6.07) is 0. The van der Waals surface area contributed by atoms with Crippen LogP contribution in [0.3, 0.4) is 0 Å². The highest BCUT2D eigenvalue weighted by molar-refractivity contribution is 5.88. The number of nitrogens with one attached hydrogen (secondary N) is 2. The molecule has 4 heteroatoms. The first-order valence-corrected chi connectivity index (χ1v) is 3.79. The zero-order chi connectivity index (χ0) is 8.74. The van der Waals surface area contributed by atoms with Crippen molar-refractivity contribution in [3.8, 4) is 0 Å². The molecule has 0 bridgehead atoms. The summed E-state index contributed by atoms with van der Waals surface area (Å²) in [5.74, 6) is 0. The molecule has 0 radical (unpaired) electrons. The molecule has 1 rings (SSSR count). The molecule has 64 valence electrons. The molecule has 0 fully saturated rings. The van der Waals surface area contributed by atoms with E-state index >= 15 is 0 Å². The van der Waals surface area contributed by atoms with Crippen molar-refractivity contribution >= 4 is 12.4 Å². The van der Waals surface area contributed by atoms with Crippen molar-refractivity contribution in [3.63, 3.8) is 0 Å². The average Bonchev–Trinajstić information content (AvgIpc) is 2.17. The normalized spacial score (nSPS) is 18.5. The van der Waals surface area contributed by atoms with E-state index in [0.29, 0.717) is 0 Å². The van der Waals surface area contributed by atoms with Gasteiger partial charge in [-0.15, -0.1) is 0 Å². The van der Waals surface area contributed by atoms with Gasteiger partial charge in [-0.05, 0) is 13.8 Å². The lowest BCUT2D eigenvalue weighted by Crippen LogP contribution is -2.18. The molecule has 0 aromatic heterocycles. The van der Waals surface area contributed by atoms with E-state index in [-0.39, 0.29) is 5.41 Å². The third-order valence-electron chi connectivity index (χ3n) is 0.974. The molecule has 1 aliphatic rings. The van der Waals surface area contributed by atoms with E-state index in [4.69, 9.17) is 0 Å². The summed E-state index contributed by atoms with van der Waals surface area (Å²) < 4.78 is 0. The van der Waals surface area contributed by atoms with E-state index in [1.165, 1.54) is 0 Å². The molecule has 0 aliphatic carbocycles. The van der Waals surface area contributed by atoms with Crippen LogP contribution in [0.1, 0.15) is 27.7 Å². The predicted octanol–water partition coefficient (Wildman–Crippen LogP) is 1.12. The fraction of sp³-hybridized carbons (Fsp3) is 0.714. The minimum Gasteiger partial charge on any atom is -0.205 e. The van der Waals surface area contributed by atoms with Crippen LogP contribution in [0, 0.1) is 5.41 Å². The van der Waals surface area contributed by atoms with Crippen LogP contribution in [0.2, 0.25) is 0 Å². The summed E-state index contributed by atoms with van der Waals surface area (Å²) in [6.45, 7) is 8.04. The highest BCUT2D eigenvalue weighted by Crippen LogP contribution is 2.07. The first-order valence-electron chi connectivity index (χ1n) is 3.79. The highest BCUT2D eigenvalue weighted by Gasteiger charge is 2.11. The van der Waals surface area contributed by atoms with Crippen molar-refractivity contribution in [3.05, 3.63) is 0 Å². The van der Waals surface area contributed by atoms with Gasteiger partial charge in [0.15, 0.2) is 0 Å². The molecule has 2 N–H and O–H groups in total. The van der Waals surface area contributed by atoms with Gasteiger partial charge in [0.25, 0.3) is 0 Å². The quantitative estimate of drug-likeness (QED) is 0.552. The number of hydrazone groups is 2. The van der Waals surface area contributed by atoms with Crippen LogP contribution in [0.4, 0.5) is 0 Å². The molecule has 1 aliphatic heterocycles. The van der Waals surface area contributed by atoms with E-state index < -0.39 is 0 Å². The van der Waals surface area contributed by atoms with E-state index in [1.807, 2.05) is 27.7 Å². The van der Waals surface area contributed by atoms with E-state index in [9.17, 15) is 0 Å². The van der Waals surface area contributed by atoms with Gasteiger partial charge in [-0.25, -0.2) is 11.1 Å². The fourth-order valence-electron chi connectivity index (χ4n) is 0.488. The number of nitrogens with zero attached hydrogens (tertiary/aromatic N) is 2. The maximum absolute atomic E-state index is 3.81. The summed E-state index contributed by atoms with van der Waals surface area (Å²) in [5.41, 5.74) is 5.00. The monoisotopic (exact) mass is 156 g/mol. The van der Waals surface area contributed by atoms with Crippen LogP contribution < -0.4 is 11.1 Å². The minimum absolute atomic E-state index is 0.0451. The van der Waals surface area contributed by atoms with Crippen LogP contribution in [0.5, 0.6) is 0 Å². The molecule has 4 nitrogen and oxygen atoms in total. The maximum Gasteiger partial charge on any atom is 0.0389 e. The van der Waals surface area contributed by atoms with Crippen LogP contribution in [0.15, 0.2) is 10.2 Å². The van der Waals surface area contributed by atoms with E-state index in [1.54, 1.807) is 12.4 Å². The Morgan fingerprint density at radius 3 is 1.73 bits per heavy atom. The van der Waals surface area contributed by atoms with Crippen LogP contribution >= 0.6 is 0 Å². The van der Waals surface area contributed by atoms with Crippen molar-refractivity contribution in [2.45, 2.75) is 27.7 Å². The summed E-state index contributed by atoms with van der Waals surface area (Å²) >= 11 is 0. The molecule has 0 saturated carbocycles. The first-order chi connectivity index (χ1) is 5.21. The third kappa shape index (κ3) is 4.36. The summed E-state index contributed by atoms with van der Waals surface area (Å²) in [6.07, 6.45) is 3.58. The van der Waals surface area contributed by atoms with Gasteiger partial charge < -0.3 is 0 Å². The van der Waals surface area contributed by atoms with Crippen molar-refractivity contribution in [1.29, 1.82) is 0 Å². The van der Waals surface area contributed by atoms with Crippen LogP contribution in [-0.2, 0) is 0 Å². The molecule has 1 heterocycles. The zero-order valence-corrected chi connectivity index (χ0v) is 7.55. The zero-order valence-electron chi connectivity index (χ0n) is 7.55. The second-order valence-electron chi connectivity index (χ2n) is 2.56. The van der Waals surface area contributed by atoms with Crippen molar-refractivity contribution < 1.29 is 0 Å². The van der Waals surface area contributed by atoms with Crippen molar-refractivity contribution in [2.24, 2.45) is 15.6 Å². The van der Waals surface area contributed by atoms with Gasteiger partial charge in [0, 0.05) is 17.8 Å². The molecule has 0 aromatic carbocycles. The molecular weight excluding hydrogens is 140 g/mol. The molecule has 0 saturated heterocycles. The lowest BCUT2D eigenvalue weighted by molar-refractivity contribution is 0.593. The Labute approximate surface area is 67.7 Å². The minimum atomic E-state index is -0.0451. The molecule has 0 amide bonds. The molecule has 0 aromatic rings. The summed E-state index contributed by atoms with van der Waals surface area (Å²) in [4.78, 5) is 0. The van der Waals surface area contributed by atoms with Gasteiger partial charge in [0.05, 0.1) is 0 Å². The van der Waals surface area contributed by atoms with Gasteiger partial charge in [-0.1, -0.05) is 13.8 Å². The van der Waals surface area contributed by atoms with Gasteiger partial charge >= 0.3 is 0 Å². The number of hydrogen-bond acceptors (Lipinski definition) is 4. The summed E-state index contributed by atoms with van der Waals surface area (Å²) in [5, 5.41) is 7.62. The molecular formula is C7H16N4. The molecule has 0 spiro atoms.